The number of hydrogen-bond donors (Lipinski definition) is 0. The largest absolute Gasteiger partial charge is 0.495 e. The van der Waals surface area contributed by atoms with Crippen LogP contribution in [-0.4, -0.2) is 74.4 Å². The number of rotatable bonds is 6. The van der Waals surface area contributed by atoms with Gasteiger partial charge in [-0.15, -0.1) is 47.9 Å². The van der Waals surface area contributed by atoms with Crippen LogP contribution in [0.2, 0.25) is 0 Å². The normalized spacial score (nSPS) is 16.8. The number of halogens is 2. The molecule has 0 aliphatic carbocycles. The fourth-order valence-corrected chi connectivity index (χ4v) is 6.48. The number of carbonyl (C=O) groups excluding carboxylic acids is 1. The van der Waals surface area contributed by atoms with Crippen molar-refractivity contribution >= 4 is 59.5 Å². The Morgan fingerprint density at radius 2 is 1.77 bits per heavy atom. The van der Waals surface area contributed by atoms with Crippen LogP contribution in [0.3, 0.4) is 0 Å². The number of fused-ring (bicyclic) bond motifs is 1. The lowest BCUT2D eigenvalue weighted by atomic mass is 10.2. The molecule has 0 radical (unpaired) electrons. The van der Waals surface area contributed by atoms with Crippen LogP contribution in [0, 0.1) is 6.92 Å². The molecule has 2 aliphatic rings. The Labute approximate surface area is 205 Å². The van der Waals surface area contributed by atoms with E-state index in [2.05, 4.69) is 39.8 Å². The van der Waals surface area contributed by atoms with Gasteiger partial charge in [-0.1, -0.05) is 12.1 Å². The Morgan fingerprint density at radius 3 is 2.52 bits per heavy atom. The zero-order valence-electron chi connectivity index (χ0n) is 18.0. The van der Waals surface area contributed by atoms with E-state index in [1.807, 2.05) is 23.9 Å². The van der Waals surface area contributed by atoms with Gasteiger partial charge in [0.15, 0.2) is 0 Å². The van der Waals surface area contributed by atoms with E-state index >= 15 is 0 Å². The molecule has 172 valence electrons. The molecule has 0 spiro atoms. The number of ether oxygens (including phenoxy) is 1. The number of hydrogen-bond acceptors (Lipinski definition) is 6. The first-order valence-electron chi connectivity index (χ1n) is 10.3. The van der Waals surface area contributed by atoms with Crippen molar-refractivity contribution in [1.29, 1.82) is 0 Å². The van der Waals surface area contributed by atoms with E-state index in [4.69, 9.17) is 4.74 Å². The number of aryl methyl sites for hydroxylation is 1. The first-order chi connectivity index (χ1) is 14.2. The molecule has 1 aromatic heterocycles. The van der Waals surface area contributed by atoms with E-state index < -0.39 is 0 Å². The third-order valence-corrected chi connectivity index (χ3v) is 7.95. The number of nitrogens with zero attached hydrogens (tertiary/aromatic N) is 3. The van der Waals surface area contributed by atoms with Gasteiger partial charge < -0.3 is 14.5 Å². The number of thiophene rings is 1. The first kappa shape index (κ1) is 26.1. The van der Waals surface area contributed by atoms with Crippen LogP contribution in [-0.2, 0) is 0 Å². The van der Waals surface area contributed by atoms with Crippen LogP contribution in [0.1, 0.15) is 21.7 Å². The fourth-order valence-electron chi connectivity index (χ4n) is 4.07. The smallest absolute Gasteiger partial charge is 0.255 e. The van der Waals surface area contributed by atoms with Crippen molar-refractivity contribution in [3.05, 3.63) is 40.8 Å². The highest BCUT2D eigenvalue weighted by Gasteiger charge is 2.25. The molecular formula is C22H31Cl2N3O2S2. The molecule has 2 aromatic rings. The fraction of sp³-hybridized carbons (Fsp3) is 0.500. The third-order valence-electron chi connectivity index (χ3n) is 5.63. The Bertz CT molecular complexity index is 857. The summed E-state index contributed by atoms with van der Waals surface area (Å²) < 4.78 is 6.71. The summed E-state index contributed by atoms with van der Waals surface area (Å²) in [6, 6.07) is 10.3. The Balaban J connectivity index is 0.00000171. The highest BCUT2D eigenvalue weighted by Crippen LogP contribution is 2.35. The number of thioether (sulfide) groups is 1. The molecule has 2 aliphatic heterocycles. The zero-order chi connectivity index (χ0) is 20.2. The van der Waals surface area contributed by atoms with E-state index in [0.29, 0.717) is 0 Å². The van der Waals surface area contributed by atoms with Gasteiger partial charge in [0.1, 0.15) is 5.75 Å². The van der Waals surface area contributed by atoms with E-state index in [-0.39, 0.29) is 30.7 Å². The van der Waals surface area contributed by atoms with Crippen LogP contribution in [0.15, 0.2) is 34.5 Å². The summed E-state index contributed by atoms with van der Waals surface area (Å²) in [6.45, 7) is 8.96. The van der Waals surface area contributed by atoms with Crippen molar-refractivity contribution < 1.29 is 9.53 Å². The van der Waals surface area contributed by atoms with Crippen LogP contribution < -0.4 is 9.64 Å². The Morgan fingerprint density at radius 1 is 1.03 bits per heavy atom. The van der Waals surface area contributed by atoms with Gasteiger partial charge in [-0.2, -0.15) is 0 Å². The lowest BCUT2D eigenvalue weighted by Crippen LogP contribution is -2.47. The minimum absolute atomic E-state index is 0. The standard InChI is InChI=1S/C22H29N3O2S2.2ClH/c1-17-16-18-21(26)25(14-15-28-22(18)29-17)9-5-8-23-10-12-24(13-11-23)19-6-3-4-7-20(19)27-2;;/h3-4,6-7,16H,5,8-15H2,1-2H3;2*1H. The minimum Gasteiger partial charge on any atom is -0.495 e. The predicted molar refractivity (Wildman–Crippen MR) is 136 cm³/mol. The molecule has 0 N–H and O–H groups in total. The molecule has 0 atom stereocenters. The summed E-state index contributed by atoms with van der Waals surface area (Å²) in [5.41, 5.74) is 2.10. The van der Waals surface area contributed by atoms with Gasteiger partial charge in [0.05, 0.1) is 22.6 Å². The van der Waals surface area contributed by atoms with E-state index in [9.17, 15) is 4.79 Å². The summed E-state index contributed by atoms with van der Waals surface area (Å²) >= 11 is 3.58. The van der Waals surface area contributed by atoms with Crippen molar-refractivity contribution in [2.24, 2.45) is 0 Å². The highest BCUT2D eigenvalue weighted by molar-refractivity contribution is 8.01. The molecule has 3 heterocycles. The SMILES string of the molecule is COc1ccccc1N1CCN(CCCN2CCSc3sc(C)cc3C2=O)CC1.Cl.Cl. The second-order valence-corrected chi connectivity index (χ2v) is 10.2. The summed E-state index contributed by atoms with van der Waals surface area (Å²) in [6.07, 6.45) is 1.03. The number of para-hydroxylation sites is 2. The molecule has 9 heteroatoms. The first-order valence-corrected chi connectivity index (χ1v) is 12.1. The highest BCUT2D eigenvalue weighted by atomic mass is 35.5. The lowest BCUT2D eigenvalue weighted by molar-refractivity contribution is 0.0757. The molecular weight excluding hydrogens is 473 g/mol. The number of piperazine rings is 1. The van der Waals surface area contributed by atoms with Gasteiger partial charge in [-0.25, -0.2) is 0 Å². The number of benzene rings is 1. The van der Waals surface area contributed by atoms with Crippen LogP contribution in [0.5, 0.6) is 5.75 Å². The zero-order valence-corrected chi connectivity index (χ0v) is 21.3. The predicted octanol–water partition coefficient (Wildman–Crippen LogP) is 4.67. The summed E-state index contributed by atoms with van der Waals surface area (Å²) in [5.74, 6) is 2.16. The van der Waals surface area contributed by atoms with Gasteiger partial charge >= 0.3 is 0 Å². The average molecular weight is 505 g/mol. The number of anilines is 1. The topological polar surface area (TPSA) is 36.0 Å². The minimum atomic E-state index is 0. The third kappa shape index (κ3) is 6.23. The molecule has 31 heavy (non-hydrogen) atoms. The Kier molecular flexibility index (Phi) is 10.3. The second kappa shape index (κ2) is 12.2. The second-order valence-electron chi connectivity index (χ2n) is 7.55. The molecule has 1 aromatic carbocycles. The summed E-state index contributed by atoms with van der Waals surface area (Å²) in [7, 11) is 1.73. The van der Waals surface area contributed by atoms with Crippen LogP contribution >= 0.6 is 47.9 Å². The number of amides is 1. The molecule has 1 fully saturated rings. The maximum Gasteiger partial charge on any atom is 0.255 e. The maximum absolute atomic E-state index is 12.9. The van der Waals surface area contributed by atoms with Crippen molar-refractivity contribution in [2.75, 3.05) is 63.6 Å². The molecule has 1 amide bonds. The van der Waals surface area contributed by atoms with Gasteiger partial charge in [0, 0.05) is 49.9 Å². The van der Waals surface area contributed by atoms with E-state index in [1.165, 1.54) is 14.8 Å². The van der Waals surface area contributed by atoms with E-state index in [0.717, 1.165) is 69.3 Å². The molecule has 1 saturated heterocycles. The molecule has 0 saturated carbocycles. The average Bonchev–Trinajstić information content (AvgIpc) is 3.06. The monoisotopic (exact) mass is 503 g/mol. The Hall–Kier alpha value is -1.12. The van der Waals surface area contributed by atoms with Gasteiger partial charge in [0.25, 0.3) is 5.91 Å². The number of methoxy groups -OCH3 is 1. The lowest BCUT2D eigenvalue weighted by Gasteiger charge is -2.36. The molecule has 0 unspecified atom stereocenters. The summed E-state index contributed by atoms with van der Waals surface area (Å²) in [5, 5.41) is 0. The van der Waals surface area contributed by atoms with Crippen LogP contribution in [0.25, 0.3) is 0 Å². The maximum atomic E-state index is 12.9. The van der Waals surface area contributed by atoms with Crippen molar-refractivity contribution in [3.8, 4) is 5.75 Å². The van der Waals surface area contributed by atoms with Gasteiger partial charge in [0.2, 0.25) is 0 Å². The van der Waals surface area contributed by atoms with E-state index in [1.54, 1.807) is 18.4 Å². The van der Waals surface area contributed by atoms with Gasteiger partial charge in [-0.3, -0.25) is 9.69 Å². The number of carbonyl (C=O) groups is 1. The molecule has 0 bridgehead atoms. The van der Waals surface area contributed by atoms with Crippen molar-refractivity contribution in [2.45, 2.75) is 17.6 Å². The van der Waals surface area contributed by atoms with Crippen molar-refractivity contribution in [1.82, 2.24) is 9.80 Å². The van der Waals surface area contributed by atoms with Crippen LogP contribution in [0.4, 0.5) is 5.69 Å². The molecule has 5 nitrogen and oxygen atoms in total. The van der Waals surface area contributed by atoms with Crippen molar-refractivity contribution in [3.63, 3.8) is 0 Å². The van der Waals surface area contributed by atoms with Gasteiger partial charge in [-0.05, 0) is 38.1 Å². The quantitative estimate of drug-likeness (QED) is 0.572. The summed E-state index contributed by atoms with van der Waals surface area (Å²) in [4.78, 5) is 21.1. The molecule has 4 rings (SSSR count).